The van der Waals surface area contributed by atoms with Gasteiger partial charge in [0.15, 0.2) is 5.78 Å². The number of nitrogens with zero attached hydrogens (tertiary/aromatic N) is 1. The number of amides is 1. The highest BCUT2D eigenvalue weighted by atomic mass is 35.5. The Hall–Kier alpha value is -4.57. The van der Waals surface area contributed by atoms with Gasteiger partial charge in [-0.15, -0.1) is 0 Å². The van der Waals surface area contributed by atoms with E-state index in [4.69, 9.17) is 16.3 Å². The average molecular weight is 495 g/mol. The zero-order chi connectivity index (χ0) is 25.3. The highest BCUT2D eigenvalue weighted by Gasteiger charge is 2.46. The van der Waals surface area contributed by atoms with Gasteiger partial charge in [-0.2, -0.15) is 0 Å². The molecule has 0 bridgehead atoms. The molecule has 0 fully saturated rings. The van der Waals surface area contributed by atoms with E-state index in [9.17, 15) is 34.4 Å². The Labute approximate surface area is 202 Å². The lowest BCUT2D eigenvalue weighted by Crippen LogP contribution is -2.38. The normalized spacial score (nSPS) is 15.0. The molecule has 0 spiro atoms. The molecule has 35 heavy (non-hydrogen) atoms. The summed E-state index contributed by atoms with van der Waals surface area (Å²) < 4.78 is 5.32. The van der Waals surface area contributed by atoms with Gasteiger partial charge in [0.25, 0.3) is 11.6 Å². The molecule has 0 aromatic heterocycles. The van der Waals surface area contributed by atoms with Crippen molar-refractivity contribution in [1.82, 2.24) is 0 Å². The molecule has 0 unspecified atom stereocenters. The number of esters is 1. The van der Waals surface area contributed by atoms with Crippen molar-refractivity contribution in [2.45, 2.75) is 6.10 Å². The number of carbonyl (C=O) groups is 4. The number of phenols is 1. The molecule has 1 aliphatic heterocycles. The van der Waals surface area contributed by atoms with Crippen LogP contribution in [0.3, 0.4) is 0 Å². The van der Waals surface area contributed by atoms with Crippen LogP contribution in [-0.2, 0) is 14.3 Å². The van der Waals surface area contributed by atoms with Crippen LogP contribution in [0.4, 0.5) is 11.4 Å². The SMILES string of the molecule is O=C(Nc1ccc([N+](=O)[O-])cc1Cl)C(=O)[C@H](C(=O)c1ccccc1O)[C@H]1OC(=O)c2ccccc21. The first-order chi connectivity index (χ1) is 16.7. The maximum absolute atomic E-state index is 13.4. The summed E-state index contributed by atoms with van der Waals surface area (Å²) in [6.07, 6.45) is -1.42. The summed E-state index contributed by atoms with van der Waals surface area (Å²) in [4.78, 5) is 62.2. The van der Waals surface area contributed by atoms with Gasteiger partial charge < -0.3 is 15.2 Å². The first-order valence-corrected chi connectivity index (χ1v) is 10.5. The van der Waals surface area contributed by atoms with Crippen molar-refractivity contribution in [2.75, 3.05) is 5.32 Å². The van der Waals surface area contributed by atoms with Gasteiger partial charge in [-0.1, -0.05) is 41.9 Å². The molecule has 0 radical (unpaired) electrons. The van der Waals surface area contributed by atoms with Crippen LogP contribution in [-0.4, -0.2) is 33.5 Å². The van der Waals surface area contributed by atoms with E-state index in [2.05, 4.69) is 5.32 Å². The number of nitrogens with one attached hydrogen (secondary N) is 1. The Morgan fingerprint density at radius 2 is 1.74 bits per heavy atom. The van der Waals surface area contributed by atoms with E-state index >= 15 is 0 Å². The Kier molecular flexibility index (Phi) is 6.30. The van der Waals surface area contributed by atoms with E-state index in [1.807, 2.05) is 0 Å². The van der Waals surface area contributed by atoms with Gasteiger partial charge >= 0.3 is 5.97 Å². The van der Waals surface area contributed by atoms with Crippen LogP contribution in [0.2, 0.25) is 5.02 Å². The molecule has 10 nitrogen and oxygen atoms in total. The van der Waals surface area contributed by atoms with E-state index in [1.54, 1.807) is 12.1 Å². The minimum Gasteiger partial charge on any atom is -0.507 e. The van der Waals surface area contributed by atoms with Crippen LogP contribution in [0.25, 0.3) is 0 Å². The Bertz CT molecular complexity index is 1400. The van der Waals surface area contributed by atoms with E-state index < -0.39 is 46.1 Å². The quantitative estimate of drug-likeness (QED) is 0.125. The number of aromatic hydroxyl groups is 1. The molecular weight excluding hydrogens is 480 g/mol. The first-order valence-electron chi connectivity index (χ1n) is 10.1. The number of halogens is 1. The molecule has 0 aliphatic carbocycles. The predicted octanol–water partition coefficient (Wildman–Crippen LogP) is 3.87. The van der Waals surface area contributed by atoms with Crippen molar-refractivity contribution < 1.29 is 33.9 Å². The van der Waals surface area contributed by atoms with Crippen LogP contribution < -0.4 is 5.32 Å². The van der Waals surface area contributed by atoms with Crippen LogP contribution in [0, 0.1) is 16.0 Å². The molecule has 1 aliphatic rings. The number of cyclic esters (lactones) is 1. The number of fused-ring (bicyclic) bond motifs is 1. The van der Waals surface area contributed by atoms with Gasteiger partial charge in [0.1, 0.15) is 17.8 Å². The smallest absolute Gasteiger partial charge is 0.339 e. The molecule has 3 aromatic rings. The fourth-order valence-corrected chi connectivity index (χ4v) is 3.93. The predicted molar refractivity (Wildman–Crippen MR) is 122 cm³/mol. The van der Waals surface area contributed by atoms with Crippen LogP contribution in [0.15, 0.2) is 66.7 Å². The lowest BCUT2D eigenvalue weighted by molar-refractivity contribution is -0.384. The van der Waals surface area contributed by atoms with Crippen LogP contribution in [0.1, 0.15) is 32.4 Å². The highest BCUT2D eigenvalue weighted by molar-refractivity contribution is 6.46. The van der Waals surface area contributed by atoms with Crippen LogP contribution in [0.5, 0.6) is 5.75 Å². The summed E-state index contributed by atoms with van der Waals surface area (Å²) in [6, 6.07) is 14.7. The van der Waals surface area contributed by atoms with Gasteiger partial charge in [-0.25, -0.2) is 4.79 Å². The number of hydrogen-bond donors (Lipinski definition) is 2. The largest absolute Gasteiger partial charge is 0.507 e. The van der Waals surface area contributed by atoms with Crippen molar-refractivity contribution in [3.8, 4) is 5.75 Å². The summed E-state index contributed by atoms with van der Waals surface area (Å²) in [5.74, 6) is -6.49. The van der Waals surface area contributed by atoms with Gasteiger partial charge in [0.2, 0.25) is 5.78 Å². The third-order valence-corrected chi connectivity index (χ3v) is 5.71. The number of para-hydroxylation sites is 1. The number of anilines is 1. The van der Waals surface area contributed by atoms with E-state index in [-0.39, 0.29) is 33.1 Å². The van der Waals surface area contributed by atoms with Gasteiger partial charge in [0, 0.05) is 17.7 Å². The summed E-state index contributed by atoms with van der Waals surface area (Å²) in [5.41, 5.74) is -0.304. The lowest BCUT2D eigenvalue weighted by Gasteiger charge is -2.21. The summed E-state index contributed by atoms with van der Waals surface area (Å²) in [6.45, 7) is 0. The summed E-state index contributed by atoms with van der Waals surface area (Å²) in [5, 5.41) is 23.1. The number of hydrogen-bond acceptors (Lipinski definition) is 8. The molecule has 1 heterocycles. The number of rotatable bonds is 7. The summed E-state index contributed by atoms with van der Waals surface area (Å²) >= 11 is 5.99. The second-order valence-electron chi connectivity index (χ2n) is 7.51. The monoisotopic (exact) mass is 494 g/mol. The number of ether oxygens (including phenoxy) is 1. The molecular formula is C24H15ClN2O8. The molecule has 3 aromatic carbocycles. The second-order valence-corrected chi connectivity index (χ2v) is 7.92. The van der Waals surface area contributed by atoms with Crippen molar-refractivity contribution in [2.24, 2.45) is 5.92 Å². The topological polar surface area (TPSA) is 153 Å². The second kappa shape index (κ2) is 9.35. The molecule has 11 heteroatoms. The lowest BCUT2D eigenvalue weighted by atomic mass is 9.84. The Balaban J connectivity index is 1.71. The minimum absolute atomic E-state index is 0.104. The Morgan fingerprint density at radius 1 is 1.06 bits per heavy atom. The minimum atomic E-state index is -1.83. The zero-order valence-electron chi connectivity index (χ0n) is 17.6. The number of nitro groups is 1. The molecule has 4 rings (SSSR count). The van der Waals surface area contributed by atoms with Crippen LogP contribution >= 0.6 is 11.6 Å². The number of phenolic OH excluding ortho intramolecular Hbond substituents is 1. The van der Waals surface area contributed by atoms with Crippen molar-refractivity contribution in [3.05, 3.63) is 98.6 Å². The molecule has 176 valence electrons. The van der Waals surface area contributed by atoms with Gasteiger partial charge in [-0.3, -0.25) is 24.5 Å². The number of Topliss-reactive ketones (excluding diaryl/α,β-unsaturated/α-hetero) is 2. The van der Waals surface area contributed by atoms with E-state index in [0.717, 1.165) is 18.2 Å². The number of nitro benzene ring substituents is 1. The highest BCUT2D eigenvalue weighted by Crippen LogP contribution is 2.39. The maximum Gasteiger partial charge on any atom is 0.339 e. The van der Waals surface area contributed by atoms with E-state index in [1.165, 1.54) is 36.4 Å². The zero-order valence-corrected chi connectivity index (χ0v) is 18.4. The van der Waals surface area contributed by atoms with Gasteiger partial charge in [0.05, 0.1) is 26.8 Å². The third kappa shape index (κ3) is 4.46. The first kappa shape index (κ1) is 23.6. The van der Waals surface area contributed by atoms with Crippen molar-refractivity contribution in [1.29, 1.82) is 0 Å². The molecule has 0 saturated heterocycles. The molecule has 0 saturated carbocycles. The van der Waals surface area contributed by atoms with Crippen molar-refractivity contribution >= 4 is 46.4 Å². The maximum atomic E-state index is 13.4. The standard InChI is InChI=1S/C24H15ClN2O8/c25-16-11-12(27(33)34)9-10-17(16)26-23(31)21(30)19(20(29)15-7-3-4-8-18(15)28)22-13-5-1-2-6-14(13)24(32)35-22/h1-11,19,22,28H,(H,26,31)/t19-,22-/m0/s1. The third-order valence-electron chi connectivity index (χ3n) is 5.39. The summed E-state index contributed by atoms with van der Waals surface area (Å²) in [7, 11) is 0. The van der Waals surface area contributed by atoms with Gasteiger partial charge in [-0.05, 0) is 24.3 Å². The average Bonchev–Trinajstić information content (AvgIpc) is 3.16. The van der Waals surface area contributed by atoms with Crippen molar-refractivity contribution in [3.63, 3.8) is 0 Å². The number of ketones is 2. The number of carbonyl (C=O) groups excluding carboxylic acids is 4. The van der Waals surface area contributed by atoms with E-state index in [0.29, 0.717) is 0 Å². The Morgan fingerprint density at radius 3 is 2.43 bits per heavy atom. The molecule has 2 atom stereocenters. The molecule has 1 amide bonds. The fourth-order valence-electron chi connectivity index (χ4n) is 3.71. The fraction of sp³-hybridized carbons (Fsp3) is 0.0833. The molecule has 2 N–H and O–H groups in total. The number of benzene rings is 3. The number of non-ortho nitro benzene ring substituents is 1.